The quantitative estimate of drug-likeness (QED) is 0.872. The molecule has 2 heterocycles. The fourth-order valence-electron chi connectivity index (χ4n) is 2.88. The number of piperazine rings is 1. The summed E-state index contributed by atoms with van der Waals surface area (Å²) in [5.74, 6) is -0.199. The molecular weight excluding hydrogens is 314 g/mol. The molecule has 23 heavy (non-hydrogen) atoms. The first-order valence-electron chi connectivity index (χ1n) is 7.78. The summed E-state index contributed by atoms with van der Waals surface area (Å²) in [5.41, 5.74) is 1.90. The summed E-state index contributed by atoms with van der Waals surface area (Å²) < 4.78 is 0. The fourth-order valence-corrected chi connectivity index (χ4v) is 3.08. The first-order valence-corrected chi connectivity index (χ1v) is 8.16. The zero-order chi connectivity index (χ0) is 16.4. The number of amides is 1. The minimum atomic E-state index is -0.930. The van der Waals surface area contributed by atoms with Crippen molar-refractivity contribution < 1.29 is 9.90 Å². The van der Waals surface area contributed by atoms with Crippen LogP contribution in [0.4, 0.5) is 0 Å². The fraction of sp³-hybridized carbons (Fsp3) is 0.412. The van der Waals surface area contributed by atoms with E-state index in [1.54, 1.807) is 4.90 Å². The SMILES string of the molecule is CC(O)C(=O)N1CCN(Cc2cc3ccccc3nc2Cl)CC1. The molecule has 1 amide bonds. The van der Waals surface area contributed by atoms with Gasteiger partial charge in [0.25, 0.3) is 5.91 Å². The Bertz CT molecular complexity index is 712. The summed E-state index contributed by atoms with van der Waals surface area (Å²) in [5, 5.41) is 11.0. The van der Waals surface area contributed by atoms with Crippen molar-refractivity contribution in [3.05, 3.63) is 41.0 Å². The lowest BCUT2D eigenvalue weighted by molar-refractivity contribution is -0.141. The third-order valence-electron chi connectivity index (χ3n) is 4.19. The smallest absolute Gasteiger partial charge is 0.251 e. The standard InChI is InChI=1S/C17H20ClN3O2/c1-12(22)17(23)21-8-6-20(7-9-21)11-14-10-13-4-2-3-5-15(13)19-16(14)18/h2-5,10,12,22H,6-9,11H2,1H3. The van der Waals surface area contributed by atoms with Crippen LogP contribution in [0.2, 0.25) is 5.15 Å². The Balaban J connectivity index is 1.67. The van der Waals surface area contributed by atoms with E-state index in [4.69, 9.17) is 11.6 Å². The Morgan fingerprint density at radius 2 is 2.00 bits per heavy atom. The highest BCUT2D eigenvalue weighted by Crippen LogP contribution is 2.22. The lowest BCUT2D eigenvalue weighted by Crippen LogP contribution is -2.50. The van der Waals surface area contributed by atoms with E-state index < -0.39 is 6.10 Å². The molecule has 1 fully saturated rings. The van der Waals surface area contributed by atoms with Gasteiger partial charge in [0.05, 0.1) is 5.52 Å². The van der Waals surface area contributed by atoms with E-state index in [9.17, 15) is 9.90 Å². The minimum Gasteiger partial charge on any atom is -0.384 e. The first kappa shape index (κ1) is 16.2. The average molecular weight is 334 g/mol. The molecule has 0 radical (unpaired) electrons. The van der Waals surface area contributed by atoms with E-state index in [0.29, 0.717) is 24.8 Å². The van der Waals surface area contributed by atoms with Gasteiger partial charge in [-0.05, 0) is 19.1 Å². The highest BCUT2D eigenvalue weighted by atomic mass is 35.5. The largest absolute Gasteiger partial charge is 0.384 e. The second-order valence-electron chi connectivity index (χ2n) is 5.91. The molecule has 1 aliphatic rings. The monoisotopic (exact) mass is 333 g/mol. The summed E-state index contributed by atoms with van der Waals surface area (Å²) in [6.45, 7) is 5.01. The van der Waals surface area contributed by atoms with Crippen LogP contribution in [-0.2, 0) is 11.3 Å². The van der Waals surface area contributed by atoms with Crippen molar-refractivity contribution in [3.63, 3.8) is 0 Å². The van der Waals surface area contributed by atoms with Crippen molar-refractivity contribution in [1.82, 2.24) is 14.8 Å². The number of rotatable bonds is 3. The maximum absolute atomic E-state index is 11.8. The van der Waals surface area contributed by atoms with Gasteiger partial charge in [-0.1, -0.05) is 29.8 Å². The molecule has 1 aromatic heterocycles. The number of carbonyl (C=O) groups is 1. The average Bonchev–Trinajstić information content (AvgIpc) is 2.55. The van der Waals surface area contributed by atoms with Crippen LogP contribution >= 0.6 is 11.6 Å². The molecule has 1 N–H and O–H groups in total. The van der Waals surface area contributed by atoms with Crippen molar-refractivity contribution >= 4 is 28.4 Å². The number of aliphatic hydroxyl groups excluding tert-OH is 1. The molecule has 1 aromatic carbocycles. The number of aromatic nitrogens is 1. The van der Waals surface area contributed by atoms with Gasteiger partial charge in [0.15, 0.2) is 0 Å². The Morgan fingerprint density at radius 1 is 1.30 bits per heavy atom. The molecule has 0 saturated carbocycles. The predicted molar refractivity (Wildman–Crippen MR) is 90.3 cm³/mol. The van der Waals surface area contributed by atoms with Crippen LogP contribution < -0.4 is 0 Å². The van der Waals surface area contributed by atoms with E-state index in [0.717, 1.165) is 29.6 Å². The maximum Gasteiger partial charge on any atom is 0.251 e. The van der Waals surface area contributed by atoms with Crippen molar-refractivity contribution in [2.24, 2.45) is 0 Å². The third-order valence-corrected chi connectivity index (χ3v) is 4.51. The van der Waals surface area contributed by atoms with Crippen LogP contribution in [0.5, 0.6) is 0 Å². The van der Waals surface area contributed by atoms with Gasteiger partial charge in [0.1, 0.15) is 11.3 Å². The van der Waals surface area contributed by atoms with E-state index >= 15 is 0 Å². The minimum absolute atomic E-state index is 0.199. The summed E-state index contributed by atoms with van der Waals surface area (Å²) in [7, 11) is 0. The van der Waals surface area contributed by atoms with Crippen molar-refractivity contribution in [3.8, 4) is 0 Å². The van der Waals surface area contributed by atoms with Crippen LogP contribution in [0, 0.1) is 0 Å². The van der Waals surface area contributed by atoms with Gasteiger partial charge in [-0.2, -0.15) is 0 Å². The molecule has 3 rings (SSSR count). The molecule has 1 unspecified atom stereocenters. The van der Waals surface area contributed by atoms with Crippen molar-refractivity contribution in [1.29, 1.82) is 0 Å². The number of pyridine rings is 1. The lowest BCUT2D eigenvalue weighted by Gasteiger charge is -2.35. The number of carbonyl (C=O) groups excluding carboxylic acids is 1. The van der Waals surface area contributed by atoms with E-state index in [1.165, 1.54) is 6.92 Å². The number of hydrogen-bond acceptors (Lipinski definition) is 4. The maximum atomic E-state index is 11.8. The normalized spacial score (nSPS) is 17.4. The Morgan fingerprint density at radius 3 is 2.70 bits per heavy atom. The molecule has 5 nitrogen and oxygen atoms in total. The molecular formula is C17H20ClN3O2. The Labute approximate surface area is 140 Å². The molecule has 1 aliphatic heterocycles. The number of aliphatic hydroxyl groups is 1. The summed E-state index contributed by atoms with van der Waals surface area (Å²) in [6.07, 6.45) is -0.930. The zero-order valence-corrected chi connectivity index (χ0v) is 13.8. The zero-order valence-electron chi connectivity index (χ0n) is 13.1. The third kappa shape index (κ3) is 3.63. The van der Waals surface area contributed by atoms with Gasteiger partial charge >= 0.3 is 0 Å². The van der Waals surface area contributed by atoms with Gasteiger partial charge in [0.2, 0.25) is 0 Å². The number of benzene rings is 1. The second-order valence-corrected chi connectivity index (χ2v) is 6.27. The highest BCUT2D eigenvalue weighted by Gasteiger charge is 2.24. The number of nitrogens with zero attached hydrogens (tertiary/aromatic N) is 3. The lowest BCUT2D eigenvalue weighted by atomic mass is 10.1. The van der Waals surface area contributed by atoms with Crippen LogP contribution in [-0.4, -0.2) is 58.1 Å². The summed E-state index contributed by atoms with van der Waals surface area (Å²) >= 11 is 6.31. The van der Waals surface area contributed by atoms with E-state index in [1.807, 2.05) is 24.3 Å². The molecule has 122 valence electrons. The van der Waals surface area contributed by atoms with Crippen LogP contribution in [0.25, 0.3) is 10.9 Å². The van der Waals surface area contributed by atoms with E-state index in [2.05, 4.69) is 16.0 Å². The molecule has 2 aromatic rings. The number of para-hydroxylation sites is 1. The predicted octanol–water partition coefficient (Wildman–Crippen LogP) is 1.91. The number of hydrogen-bond donors (Lipinski definition) is 1. The van der Waals surface area contributed by atoms with Gasteiger partial charge in [-0.15, -0.1) is 0 Å². The van der Waals surface area contributed by atoms with Gasteiger partial charge in [-0.25, -0.2) is 4.98 Å². The van der Waals surface area contributed by atoms with Crippen molar-refractivity contribution in [2.45, 2.75) is 19.6 Å². The first-order chi connectivity index (χ1) is 11.0. The van der Waals surface area contributed by atoms with Gasteiger partial charge < -0.3 is 10.0 Å². The summed E-state index contributed by atoms with van der Waals surface area (Å²) in [6, 6.07) is 10.00. The van der Waals surface area contributed by atoms with Gasteiger partial charge in [-0.3, -0.25) is 9.69 Å². The summed E-state index contributed by atoms with van der Waals surface area (Å²) in [4.78, 5) is 20.2. The molecule has 0 bridgehead atoms. The molecule has 0 aliphatic carbocycles. The molecule has 0 spiro atoms. The van der Waals surface area contributed by atoms with Crippen LogP contribution in [0.15, 0.2) is 30.3 Å². The topological polar surface area (TPSA) is 56.7 Å². The Kier molecular flexibility index (Phi) is 4.80. The second kappa shape index (κ2) is 6.83. The molecule has 1 saturated heterocycles. The van der Waals surface area contributed by atoms with Gasteiger partial charge in [0, 0.05) is 43.7 Å². The highest BCUT2D eigenvalue weighted by molar-refractivity contribution is 6.30. The van der Waals surface area contributed by atoms with Crippen LogP contribution in [0.3, 0.4) is 0 Å². The Hall–Kier alpha value is -1.69. The number of fused-ring (bicyclic) bond motifs is 1. The van der Waals surface area contributed by atoms with Crippen LogP contribution in [0.1, 0.15) is 12.5 Å². The van der Waals surface area contributed by atoms with E-state index in [-0.39, 0.29) is 5.91 Å². The molecule has 1 atom stereocenters. The number of halogens is 1. The molecule has 6 heteroatoms. The van der Waals surface area contributed by atoms with Crippen molar-refractivity contribution in [2.75, 3.05) is 26.2 Å².